The van der Waals surface area contributed by atoms with E-state index in [1.807, 2.05) is 13.0 Å². The maximum Gasteiger partial charge on any atom is 0.242 e. The first-order chi connectivity index (χ1) is 14.3. The Balaban J connectivity index is 2.01. The monoisotopic (exact) mass is 435 g/mol. The average Bonchev–Trinajstić information content (AvgIpc) is 3.20. The highest BCUT2D eigenvalue weighted by molar-refractivity contribution is 7.89. The largest absolute Gasteiger partial charge is 0.359 e. The molecule has 0 unspecified atom stereocenters. The number of nitrogens with zero attached hydrogens (tertiary/aromatic N) is 3. The van der Waals surface area contributed by atoms with E-state index in [0.29, 0.717) is 25.0 Å². The summed E-state index contributed by atoms with van der Waals surface area (Å²) in [6.45, 7) is 7.93. The number of rotatable bonds is 10. The summed E-state index contributed by atoms with van der Waals surface area (Å²) in [6.07, 6.45) is 2.07. The highest BCUT2D eigenvalue weighted by atomic mass is 32.2. The first-order valence-corrected chi connectivity index (χ1v) is 11.7. The minimum Gasteiger partial charge on any atom is -0.359 e. The van der Waals surface area contributed by atoms with Gasteiger partial charge in [0.25, 0.3) is 0 Å². The van der Waals surface area contributed by atoms with Crippen molar-refractivity contribution >= 4 is 16.0 Å². The van der Waals surface area contributed by atoms with Gasteiger partial charge in [-0.25, -0.2) is 17.7 Å². The lowest BCUT2D eigenvalue weighted by Crippen LogP contribution is -2.36. The molecule has 0 fully saturated rings. The molecule has 0 amide bonds. The highest BCUT2D eigenvalue weighted by Crippen LogP contribution is 2.22. The van der Waals surface area contributed by atoms with Gasteiger partial charge in [0.1, 0.15) is 0 Å². The molecule has 0 aliphatic carbocycles. The summed E-state index contributed by atoms with van der Waals surface area (Å²) in [5.74, 6) is 1.84. The molecule has 0 radical (unpaired) electrons. The summed E-state index contributed by atoms with van der Waals surface area (Å²) in [5.41, 5.74) is 1.91. The molecule has 2 aromatic rings. The fourth-order valence-corrected chi connectivity index (χ4v) is 3.87. The third-order valence-corrected chi connectivity index (χ3v) is 6.71. The van der Waals surface area contributed by atoms with Gasteiger partial charge >= 0.3 is 0 Å². The quantitative estimate of drug-likeness (QED) is 0.439. The summed E-state index contributed by atoms with van der Waals surface area (Å²) < 4.78 is 31.0. The minimum absolute atomic E-state index is 0.267. The smallest absolute Gasteiger partial charge is 0.242 e. The van der Waals surface area contributed by atoms with Crippen LogP contribution in [0.1, 0.15) is 56.5 Å². The van der Waals surface area contributed by atoms with Crippen LogP contribution in [0.5, 0.6) is 0 Å². The van der Waals surface area contributed by atoms with Gasteiger partial charge in [-0.05, 0) is 37.5 Å². The lowest BCUT2D eigenvalue weighted by atomic mass is 9.99. The first kappa shape index (κ1) is 23.9. The molecule has 8 nitrogen and oxygen atoms in total. The van der Waals surface area contributed by atoms with E-state index in [4.69, 9.17) is 4.52 Å². The van der Waals surface area contributed by atoms with Crippen LogP contribution in [0.25, 0.3) is 0 Å². The minimum atomic E-state index is -3.42. The van der Waals surface area contributed by atoms with Crippen molar-refractivity contribution in [3.8, 4) is 0 Å². The average molecular weight is 436 g/mol. The summed E-state index contributed by atoms with van der Waals surface area (Å²) in [7, 11) is -0.389. The molecule has 2 N–H and O–H groups in total. The van der Waals surface area contributed by atoms with E-state index >= 15 is 0 Å². The maximum atomic E-state index is 12.2. The van der Waals surface area contributed by atoms with Gasteiger partial charge < -0.3 is 15.2 Å². The van der Waals surface area contributed by atoms with Gasteiger partial charge in [0.2, 0.25) is 10.0 Å². The molecule has 30 heavy (non-hydrogen) atoms. The standard InChI is InChI=1S/C21H33N5O3S/c1-6-17(7-2)20-13-18(29-25-20)15-24-21(22-8-3)23-14-16-9-11-19(12-10-16)30(27,28)26(4)5/h9-13,17H,6-8,14-15H2,1-5H3,(H2,22,23,24). The second-order valence-electron chi connectivity index (χ2n) is 7.21. The third-order valence-electron chi connectivity index (χ3n) is 4.88. The number of hydrogen-bond donors (Lipinski definition) is 2. The Morgan fingerprint density at radius 3 is 2.37 bits per heavy atom. The van der Waals surface area contributed by atoms with Gasteiger partial charge in [-0.3, -0.25) is 0 Å². The van der Waals surface area contributed by atoms with Gasteiger partial charge in [0.15, 0.2) is 11.7 Å². The van der Waals surface area contributed by atoms with E-state index in [9.17, 15) is 8.42 Å². The molecular weight excluding hydrogens is 402 g/mol. The Morgan fingerprint density at radius 1 is 1.13 bits per heavy atom. The van der Waals surface area contributed by atoms with Crippen molar-refractivity contribution in [2.45, 2.75) is 57.5 Å². The van der Waals surface area contributed by atoms with Crippen LogP contribution in [-0.2, 0) is 23.1 Å². The van der Waals surface area contributed by atoms with Crippen LogP contribution >= 0.6 is 0 Å². The Hall–Kier alpha value is -2.39. The van der Waals surface area contributed by atoms with Gasteiger partial charge in [0, 0.05) is 32.6 Å². The maximum absolute atomic E-state index is 12.2. The molecule has 0 saturated heterocycles. The van der Waals surface area contributed by atoms with Gasteiger partial charge in [0.05, 0.1) is 23.7 Å². The first-order valence-electron chi connectivity index (χ1n) is 10.3. The molecular formula is C21H33N5O3S. The Morgan fingerprint density at radius 2 is 1.80 bits per heavy atom. The van der Waals surface area contributed by atoms with Crippen LogP contribution in [0.15, 0.2) is 44.7 Å². The lowest BCUT2D eigenvalue weighted by molar-refractivity contribution is 0.368. The SMILES string of the molecule is CCNC(=NCc1ccc(S(=O)(=O)N(C)C)cc1)NCc1cc(C(CC)CC)no1. The molecule has 166 valence electrons. The topological polar surface area (TPSA) is 99.8 Å². The third kappa shape index (κ3) is 6.30. The predicted molar refractivity (Wildman–Crippen MR) is 119 cm³/mol. The van der Waals surface area contributed by atoms with Crippen molar-refractivity contribution in [1.82, 2.24) is 20.1 Å². The Kier molecular flexibility index (Phi) is 8.86. The van der Waals surface area contributed by atoms with E-state index in [2.05, 4.69) is 34.6 Å². The normalized spacial score (nSPS) is 12.6. The van der Waals surface area contributed by atoms with Crippen molar-refractivity contribution in [3.05, 3.63) is 47.3 Å². The van der Waals surface area contributed by atoms with E-state index < -0.39 is 10.0 Å². The van der Waals surface area contributed by atoms with Crippen molar-refractivity contribution < 1.29 is 12.9 Å². The number of nitrogens with one attached hydrogen (secondary N) is 2. The number of hydrogen-bond acceptors (Lipinski definition) is 5. The zero-order chi connectivity index (χ0) is 22.1. The van der Waals surface area contributed by atoms with E-state index in [1.54, 1.807) is 24.3 Å². The number of benzene rings is 1. The van der Waals surface area contributed by atoms with E-state index in [-0.39, 0.29) is 4.90 Å². The van der Waals surface area contributed by atoms with Crippen LogP contribution in [-0.4, -0.2) is 44.5 Å². The van der Waals surface area contributed by atoms with Crippen molar-refractivity contribution in [3.63, 3.8) is 0 Å². The summed E-state index contributed by atoms with van der Waals surface area (Å²) in [5, 5.41) is 10.6. The summed E-state index contributed by atoms with van der Waals surface area (Å²) in [6, 6.07) is 8.77. The van der Waals surface area contributed by atoms with Crippen molar-refractivity contribution in [2.24, 2.45) is 4.99 Å². The zero-order valence-electron chi connectivity index (χ0n) is 18.5. The van der Waals surface area contributed by atoms with E-state index in [0.717, 1.165) is 36.4 Å². The molecule has 0 saturated carbocycles. The molecule has 1 heterocycles. The highest BCUT2D eigenvalue weighted by Gasteiger charge is 2.16. The van der Waals surface area contributed by atoms with Gasteiger partial charge in [-0.2, -0.15) is 0 Å². The number of sulfonamides is 1. The molecule has 9 heteroatoms. The van der Waals surface area contributed by atoms with Crippen LogP contribution in [0.2, 0.25) is 0 Å². The molecule has 0 atom stereocenters. The summed E-state index contributed by atoms with van der Waals surface area (Å²) in [4.78, 5) is 4.84. The van der Waals surface area contributed by atoms with Gasteiger partial charge in [-0.15, -0.1) is 0 Å². The Bertz CT molecular complexity index is 916. The van der Waals surface area contributed by atoms with Crippen LogP contribution < -0.4 is 10.6 Å². The van der Waals surface area contributed by atoms with Crippen LogP contribution in [0.3, 0.4) is 0 Å². The number of guanidine groups is 1. The number of aromatic nitrogens is 1. The molecule has 1 aromatic carbocycles. The molecule has 0 bridgehead atoms. The van der Waals surface area contributed by atoms with Crippen LogP contribution in [0.4, 0.5) is 0 Å². The fraction of sp³-hybridized carbons (Fsp3) is 0.524. The van der Waals surface area contributed by atoms with Crippen LogP contribution in [0, 0.1) is 0 Å². The Labute approximate surface area is 179 Å². The lowest BCUT2D eigenvalue weighted by Gasteiger charge is -2.12. The van der Waals surface area contributed by atoms with Crippen molar-refractivity contribution in [1.29, 1.82) is 0 Å². The molecule has 0 spiro atoms. The number of aliphatic imine (C=N–C) groups is 1. The zero-order valence-corrected chi connectivity index (χ0v) is 19.3. The molecule has 0 aliphatic rings. The van der Waals surface area contributed by atoms with Gasteiger partial charge in [-0.1, -0.05) is 31.1 Å². The molecule has 2 rings (SSSR count). The second kappa shape index (κ2) is 11.1. The molecule has 0 aliphatic heterocycles. The predicted octanol–water partition coefficient (Wildman–Crippen LogP) is 3.08. The second-order valence-corrected chi connectivity index (χ2v) is 9.36. The molecule has 1 aromatic heterocycles. The summed E-state index contributed by atoms with van der Waals surface area (Å²) >= 11 is 0. The van der Waals surface area contributed by atoms with Crippen molar-refractivity contribution in [2.75, 3.05) is 20.6 Å². The fourth-order valence-electron chi connectivity index (χ4n) is 2.97. The van der Waals surface area contributed by atoms with E-state index in [1.165, 1.54) is 18.4 Å².